The second kappa shape index (κ2) is 6.00. The smallest absolute Gasteiger partial charge is 0.332 e. The first kappa shape index (κ1) is 14.0. The van der Waals surface area contributed by atoms with Gasteiger partial charge in [-0.05, 0) is 25.7 Å². The van der Waals surface area contributed by atoms with Crippen LogP contribution >= 0.6 is 0 Å². The van der Waals surface area contributed by atoms with Gasteiger partial charge in [-0.15, -0.1) is 0 Å². The van der Waals surface area contributed by atoms with Gasteiger partial charge in [0.05, 0.1) is 6.61 Å². The predicted molar refractivity (Wildman–Crippen MR) is 64.2 cm³/mol. The highest BCUT2D eigenvalue weighted by Gasteiger charge is 2.37. The Morgan fingerprint density at radius 1 is 1.41 bits per heavy atom. The molecule has 1 fully saturated rings. The molecule has 0 aromatic carbocycles. The van der Waals surface area contributed by atoms with Crippen LogP contribution < -0.4 is 5.73 Å². The summed E-state index contributed by atoms with van der Waals surface area (Å²) in [5.74, 6) is -0.569. The lowest BCUT2D eigenvalue weighted by Crippen LogP contribution is -2.50. The summed E-state index contributed by atoms with van der Waals surface area (Å²) in [5, 5.41) is 0. The van der Waals surface area contributed by atoms with Crippen molar-refractivity contribution in [3.63, 3.8) is 0 Å². The Morgan fingerprint density at radius 3 is 2.41 bits per heavy atom. The lowest BCUT2D eigenvalue weighted by Gasteiger charge is -2.26. The summed E-state index contributed by atoms with van der Waals surface area (Å²) in [6.07, 6.45) is 2.02. The molecule has 5 nitrogen and oxygen atoms in total. The van der Waals surface area contributed by atoms with Gasteiger partial charge < -0.3 is 15.4 Å². The summed E-state index contributed by atoms with van der Waals surface area (Å²) in [5.41, 5.74) is 5.62. The fraction of sp³-hybridized carbons (Fsp3) is 0.833. The molecule has 0 heterocycles. The van der Waals surface area contributed by atoms with E-state index in [9.17, 15) is 9.59 Å². The Hall–Kier alpha value is -1.10. The van der Waals surface area contributed by atoms with Crippen LogP contribution in [0.15, 0.2) is 0 Å². The molecule has 1 aliphatic rings. The van der Waals surface area contributed by atoms with Gasteiger partial charge in [0.2, 0.25) is 0 Å². The topological polar surface area (TPSA) is 72.6 Å². The van der Waals surface area contributed by atoms with Crippen LogP contribution in [0.1, 0.15) is 33.6 Å². The molecule has 0 bridgehead atoms. The van der Waals surface area contributed by atoms with Crippen LogP contribution in [0.5, 0.6) is 0 Å². The van der Waals surface area contributed by atoms with Crippen LogP contribution in [0, 0.1) is 5.92 Å². The van der Waals surface area contributed by atoms with Gasteiger partial charge in [-0.2, -0.15) is 0 Å². The average molecular weight is 242 g/mol. The summed E-state index contributed by atoms with van der Waals surface area (Å²) >= 11 is 0. The molecule has 0 aromatic heterocycles. The van der Waals surface area contributed by atoms with E-state index in [1.807, 2.05) is 13.8 Å². The summed E-state index contributed by atoms with van der Waals surface area (Å²) in [6, 6.07) is -0.903. The van der Waals surface area contributed by atoms with Crippen LogP contribution in [0.25, 0.3) is 0 Å². The van der Waals surface area contributed by atoms with Crippen molar-refractivity contribution in [1.82, 2.24) is 4.90 Å². The predicted octanol–water partition coefficient (Wildman–Crippen LogP) is 0.524. The lowest BCUT2D eigenvalue weighted by molar-refractivity contribution is -0.151. The third-order valence-electron chi connectivity index (χ3n) is 2.64. The molecular weight excluding hydrogens is 220 g/mol. The normalized spacial score (nSPS) is 16.8. The van der Waals surface area contributed by atoms with Crippen molar-refractivity contribution >= 4 is 11.9 Å². The molecule has 0 radical (unpaired) electrons. The lowest BCUT2D eigenvalue weighted by atomic mass is 10.1. The van der Waals surface area contributed by atoms with Crippen molar-refractivity contribution in [2.45, 2.75) is 45.7 Å². The van der Waals surface area contributed by atoms with Gasteiger partial charge in [0.25, 0.3) is 5.91 Å². The number of hydrogen-bond acceptors (Lipinski definition) is 4. The Kier molecular flexibility index (Phi) is 4.93. The summed E-state index contributed by atoms with van der Waals surface area (Å²) < 4.78 is 4.77. The van der Waals surface area contributed by atoms with Crippen LogP contribution in [0.2, 0.25) is 0 Å². The molecule has 1 aliphatic carbocycles. The summed E-state index contributed by atoms with van der Waals surface area (Å²) in [7, 11) is 0. The quantitative estimate of drug-likeness (QED) is 0.544. The van der Waals surface area contributed by atoms with E-state index in [0.29, 0.717) is 12.5 Å². The maximum Gasteiger partial charge on any atom is 0.332 e. The molecule has 1 saturated carbocycles. The molecule has 17 heavy (non-hydrogen) atoms. The Balaban J connectivity index is 2.60. The van der Waals surface area contributed by atoms with Gasteiger partial charge in [-0.25, -0.2) is 4.79 Å². The number of esters is 1. The first-order valence-corrected chi connectivity index (χ1v) is 6.20. The number of amides is 1. The van der Waals surface area contributed by atoms with Crippen molar-refractivity contribution in [2.24, 2.45) is 11.7 Å². The molecule has 0 aliphatic heterocycles. The van der Waals surface area contributed by atoms with Crippen molar-refractivity contribution in [3.05, 3.63) is 0 Å². The number of carbonyl (C=O) groups excluding carboxylic acids is 2. The molecule has 1 unspecified atom stereocenters. The Morgan fingerprint density at radius 2 is 2.00 bits per heavy atom. The zero-order chi connectivity index (χ0) is 13.0. The Bertz CT molecular complexity index is 287. The molecule has 98 valence electrons. The average Bonchev–Trinajstić information content (AvgIpc) is 3.07. The van der Waals surface area contributed by atoms with E-state index in [1.54, 1.807) is 11.8 Å². The van der Waals surface area contributed by atoms with Gasteiger partial charge in [-0.1, -0.05) is 13.8 Å². The van der Waals surface area contributed by atoms with Crippen LogP contribution in [-0.2, 0) is 14.3 Å². The van der Waals surface area contributed by atoms with Gasteiger partial charge in [0.1, 0.15) is 0 Å². The van der Waals surface area contributed by atoms with Gasteiger partial charge in [-0.3, -0.25) is 4.79 Å². The number of nitrogens with two attached hydrogens (primary N) is 1. The fourth-order valence-corrected chi connectivity index (χ4v) is 1.71. The van der Waals surface area contributed by atoms with Gasteiger partial charge >= 0.3 is 5.97 Å². The molecule has 1 atom stereocenters. The van der Waals surface area contributed by atoms with Crippen LogP contribution in [0.3, 0.4) is 0 Å². The third-order valence-corrected chi connectivity index (χ3v) is 2.64. The molecule has 2 N–H and O–H groups in total. The van der Waals surface area contributed by atoms with Crippen molar-refractivity contribution in [2.75, 3.05) is 13.2 Å². The van der Waals surface area contributed by atoms with Crippen molar-refractivity contribution in [3.8, 4) is 0 Å². The SMILES string of the molecule is CCOC(=O)C(N)C(=O)N(CC(C)C)C1CC1. The molecule has 0 aromatic rings. The monoisotopic (exact) mass is 242 g/mol. The van der Waals surface area contributed by atoms with E-state index in [2.05, 4.69) is 0 Å². The summed E-state index contributed by atoms with van der Waals surface area (Å²) in [6.45, 7) is 6.67. The van der Waals surface area contributed by atoms with Crippen molar-refractivity contribution in [1.29, 1.82) is 0 Å². The number of hydrogen-bond donors (Lipinski definition) is 1. The molecule has 0 saturated heterocycles. The largest absolute Gasteiger partial charge is 0.464 e. The molecule has 1 rings (SSSR count). The van der Waals surface area contributed by atoms with Gasteiger partial charge in [0, 0.05) is 12.6 Å². The first-order chi connectivity index (χ1) is 7.97. The third kappa shape index (κ3) is 4.00. The zero-order valence-electron chi connectivity index (χ0n) is 10.8. The number of rotatable bonds is 6. The molecule has 1 amide bonds. The van der Waals surface area contributed by atoms with E-state index < -0.39 is 12.0 Å². The molecular formula is C12H22N2O3. The van der Waals surface area contributed by atoms with E-state index in [0.717, 1.165) is 12.8 Å². The second-order valence-corrected chi connectivity index (χ2v) is 4.85. The minimum absolute atomic E-state index is 0.243. The van der Waals surface area contributed by atoms with E-state index >= 15 is 0 Å². The highest BCUT2D eigenvalue weighted by molar-refractivity contribution is 6.01. The first-order valence-electron chi connectivity index (χ1n) is 6.20. The maximum atomic E-state index is 12.1. The van der Waals surface area contributed by atoms with Crippen molar-refractivity contribution < 1.29 is 14.3 Å². The minimum Gasteiger partial charge on any atom is -0.464 e. The second-order valence-electron chi connectivity index (χ2n) is 4.85. The standard InChI is InChI=1S/C12H22N2O3/c1-4-17-12(16)10(13)11(15)14(7-8(2)3)9-5-6-9/h8-10H,4-7,13H2,1-3H3. The molecule has 0 spiro atoms. The minimum atomic E-state index is -1.17. The highest BCUT2D eigenvalue weighted by Crippen LogP contribution is 2.28. The zero-order valence-corrected chi connectivity index (χ0v) is 10.8. The summed E-state index contributed by atoms with van der Waals surface area (Å²) in [4.78, 5) is 25.2. The maximum absolute atomic E-state index is 12.1. The van der Waals surface area contributed by atoms with E-state index in [-0.39, 0.29) is 18.6 Å². The Labute approximate surface area is 102 Å². The number of carbonyl (C=O) groups is 2. The molecule has 5 heteroatoms. The number of nitrogens with zero attached hydrogens (tertiary/aromatic N) is 1. The van der Waals surface area contributed by atoms with Gasteiger partial charge in [0.15, 0.2) is 6.04 Å². The van der Waals surface area contributed by atoms with Crippen LogP contribution in [-0.4, -0.2) is 42.0 Å². The highest BCUT2D eigenvalue weighted by atomic mass is 16.5. The van der Waals surface area contributed by atoms with E-state index in [1.165, 1.54) is 0 Å². The van der Waals surface area contributed by atoms with E-state index in [4.69, 9.17) is 10.5 Å². The number of ether oxygens (including phenoxy) is 1. The van der Waals surface area contributed by atoms with Crippen LogP contribution in [0.4, 0.5) is 0 Å². The fourth-order valence-electron chi connectivity index (χ4n) is 1.71.